The van der Waals surface area contributed by atoms with E-state index < -0.39 is 73.3 Å². The van der Waals surface area contributed by atoms with Crippen LogP contribution in [0.5, 0.6) is 11.5 Å². The number of aliphatic hydroxyl groups excluding tert-OH is 1. The first-order valence-electron chi connectivity index (χ1n) is 13.0. The van der Waals surface area contributed by atoms with Crippen molar-refractivity contribution in [2.24, 2.45) is 0 Å². The lowest BCUT2D eigenvalue weighted by atomic mass is 10.1. The first-order chi connectivity index (χ1) is 20.1. The summed E-state index contributed by atoms with van der Waals surface area (Å²) in [6.07, 6.45) is -0.611. The van der Waals surface area contributed by atoms with E-state index in [0.29, 0.717) is 0 Å². The van der Waals surface area contributed by atoms with Crippen molar-refractivity contribution in [2.75, 3.05) is 43.7 Å². The van der Waals surface area contributed by atoms with Gasteiger partial charge in [0.25, 0.3) is 23.5 Å². The quantitative estimate of drug-likeness (QED) is 0.199. The molecule has 4 rings (SSSR count). The van der Waals surface area contributed by atoms with Crippen LogP contribution in [0.1, 0.15) is 23.7 Å². The molecule has 0 spiro atoms. The Morgan fingerprint density at radius 1 is 0.976 bits per heavy atom. The number of para-hydroxylation sites is 2. The minimum absolute atomic E-state index is 0.0383. The van der Waals surface area contributed by atoms with Gasteiger partial charge in [-0.1, -0.05) is 18.2 Å². The van der Waals surface area contributed by atoms with Crippen LogP contribution in [0.3, 0.4) is 0 Å². The molecule has 3 N–H and O–H groups in total. The number of cyclic esters (lactones) is 1. The first-order valence-corrected chi connectivity index (χ1v) is 13.0. The molecule has 0 aliphatic carbocycles. The van der Waals surface area contributed by atoms with E-state index >= 15 is 0 Å². The molecule has 2 aliphatic heterocycles. The summed E-state index contributed by atoms with van der Waals surface area (Å²) in [5.74, 6) is -4.82. The summed E-state index contributed by atoms with van der Waals surface area (Å²) < 4.78 is 15.5. The fourth-order valence-corrected chi connectivity index (χ4v) is 4.84. The second-order valence-electron chi connectivity index (χ2n) is 9.54. The Bertz CT molecular complexity index is 1400. The molecule has 222 valence electrons. The zero-order valence-electron chi connectivity index (χ0n) is 23.1. The smallest absolute Gasteiger partial charge is 0.308 e. The molecule has 0 bridgehead atoms. The number of esters is 1. The maximum atomic E-state index is 13.9. The number of Topliss-reactive ketones (excluding diaryl/α,β-unsaturated/α-hetero) is 1. The zero-order chi connectivity index (χ0) is 30.6. The van der Waals surface area contributed by atoms with Crippen LogP contribution in [-0.2, 0) is 28.7 Å². The number of nitrogens with zero attached hydrogens (tertiary/aromatic N) is 2. The third kappa shape index (κ3) is 6.02. The number of fused-ring (bicyclic) bond motifs is 1. The van der Waals surface area contributed by atoms with Crippen LogP contribution in [0, 0.1) is 0 Å². The molecule has 4 amide bonds. The molecule has 2 heterocycles. The van der Waals surface area contributed by atoms with Crippen LogP contribution in [0.4, 0.5) is 11.4 Å². The Kier molecular flexibility index (Phi) is 9.06. The van der Waals surface area contributed by atoms with E-state index in [-0.39, 0.29) is 34.9 Å². The van der Waals surface area contributed by atoms with Gasteiger partial charge in [-0.25, -0.2) is 0 Å². The van der Waals surface area contributed by atoms with Crippen molar-refractivity contribution in [2.45, 2.75) is 31.5 Å². The average Bonchev–Trinajstić information content (AvgIpc) is 3.26. The van der Waals surface area contributed by atoms with E-state index in [1.54, 1.807) is 25.1 Å². The highest BCUT2D eigenvalue weighted by Gasteiger charge is 2.40. The van der Waals surface area contributed by atoms with E-state index in [2.05, 4.69) is 10.6 Å². The summed E-state index contributed by atoms with van der Waals surface area (Å²) in [5.41, 5.74) is 0.173. The fourth-order valence-electron chi connectivity index (χ4n) is 4.84. The SMILES string of the molecule is COc1cccc(OC)c1C(=O)C(=O)N[C@H]1CN(C(=O)CO)c2ccccc2N(CC(=O)N[C@H]2CC(=O)OC2C)C1=O. The molecule has 0 radical (unpaired) electrons. The second-order valence-corrected chi connectivity index (χ2v) is 9.54. The predicted octanol–water partition coefficient (Wildman–Crippen LogP) is -0.436. The van der Waals surface area contributed by atoms with Gasteiger partial charge in [-0.15, -0.1) is 0 Å². The largest absolute Gasteiger partial charge is 0.496 e. The van der Waals surface area contributed by atoms with E-state index in [9.17, 15) is 33.9 Å². The summed E-state index contributed by atoms with van der Waals surface area (Å²) in [6, 6.07) is 8.56. The number of aliphatic hydroxyl groups is 1. The topological polar surface area (TPSA) is 181 Å². The molecule has 1 saturated heterocycles. The van der Waals surface area contributed by atoms with E-state index in [1.165, 1.54) is 38.5 Å². The Hall–Kier alpha value is -4.98. The highest BCUT2D eigenvalue weighted by atomic mass is 16.6. The number of ketones is 1. The van der Waals surface area contributed by atoms with Gasteiger partial charge in [0.05, 0.1) is 44.6 Å². The van der Waals surface area contributed by atoms with Crippen molar-refractivity contribution in [3.8, 4) is 11.5 Å². The van der Waals surface area contributed by atoms with Gasteiger partial charge in [0.15, 0.2) is 0 Å². The molecule has 0 saturated carbocycles. The number of ether oxygens (including phenoxy) is 3. The standard InChI is InChI=1S/C28H30N4O10/c1-15-16(11-24(36)42-15)29-22(34)13-32-19-8-5-4-7-18(19)31(23(35)14-33)12-17(28(32)39)30-27(38)26(37)25-20(40-2)9-6-10-21(25)41-3/h4-10,15-17,33H,11-14H2,1-3H3,(H,29,34)(H,30,38)/t15?,16-,17-/m0/s1. The average molecular weight is 583 g/mol. The number of rotatable bonds is 9. The number of hydrogen-bond donors (Lipinski definition) is 3. The van der Waals surface area contributed by atoms with Gasteiger partial charge in [-0.3, -0.25) is 33.7 Å². The number of carbonyl (C=O) groups excluding carboxylic acids is 6. The fraction of sp³-hybridized carbons (Fsp3) is 0.357. The van der Waals surface area contributed by atoms with E-state index in [1.807, 2.05) is 0 Å². The molecule has 2 aliphatic rings. The minimum Gasteiger partial charge on any atom is -0.496 e. The van der Waals surface area contributed by atoms with Gasteiger partial charge in [-0.05, 0) is 31.2 Å². The number of nitrogens with one attached hydrogen (secondary N) is 2. The summed E-state index contributed by atoms with van der Waals surface area (Å²) >= 11 is 0. The first kappa shape index (κ1) is 30.0. The van der Waals surface area contributed by atoms with Crippen molar-refractivity contribution < 1.29 is 48.1 Å². The summed E-state index contributed by atoms with van der Waals surface area (Å²) in [4.78, 5) is 80.0. The Morgan fingerprint density at radius 3 is 2.19 bits per heavy atom. The number of anilines is 2. The van der Waals surface area contributed by atoms with Crippen LogP contribution in [-0.4, -0.2) is 92.6 Å². The molecule has 14 heteroatoms. The highest BCUT2D eigenvalue weighted by Crippen LogP contribution is 2.33. The van der Waals surface area contributed by atoms with Crippen molar-refractivity contribution >= 4 is 46.8 Å². The number of methoxy groups -OCH3 is 2. The molecule has 14 nitrogen and oxygen atoms in total. The summed E-state index contributed by atoms with van der Waals surface area (Å²) in [7, 11) is 2.62. The molecular formula is C28H30N4O10. The third-order valence-corrected chi connectivity index (χ3v) is 6.91. The van der Waals surface area contributed by atoms with Crippen molar-refractivity contribution in [3.63, 3.8) is 0 Å². The molecule has 42 heavy (non-hydrogen) atoms. The second kappa shape index (κ2) is 12.7. The Balaban J connectivity index is 1.66. The van der Waals surface area contributed by atoms with Crippen LogP contribution < -0.4 is 29.9 Å². The van der Waals surface area contributed by atoms with Gasteiger partial charge in [0, 0.05) is 0 Å². The van der Waals surface area contributed by atoms with Gasteiger partial charge in [0.2, 0.25) is 5.91 Å². The Labute approximate surface area is 240 Å². The summed E-state index contributed by atoms with van der Waals surface area (Å²) in [5, 5.41) is 14.7. The van der Waals surface area contributed by atoms with E-state index in [4.69, 9.17) is 14.2 Å². The maximum absolute atomic E-state index is 13.9. The highest BCUT2D eigenvalue weighted by molar-refractivity contribution is 6.44. The number of carbonyl (C=O) groups is 6. The molecule has 2 aromatic rings. The molecule has 1 fully saturated rings. The van der Waals surface area contributed by atoms with Crippen LogP contribution in [0.15, 0.2) is 42.5 Å². The molecular weight excluding hydrogens is 552 g/mol. The van der Waals surface area contributed by atoms with Crippen LogP contribution >= 0.6 is 0 Å². The van der Waals surface area contributed by atoms with Gasteiger partial charge >= 0.3 is 5.97 Å². The Morgan fingerprint density at radius 2 is 1.62 bits per heavy atom. The number of amides is 4. The maximum Gasteiger partial charge on any atom is 0.308 e. The van der Waals surface area contributed by atoms with Gasteiger partial charge in [-0.2, -0.15) is 0 Å². The summed E-state index contributed by atoms with van der Waals surface area (Å²) in [6.45, 7) is -0.277. The normalized spacial score (nSPS) is 19.8. The van der Waals surface area contributed by atoms with Crippen LogP contribution in [0.2, 0.25) is 0 Å². The number of hydrogen-bond acceptors (Lipinski definition) is 10. The molecule has 2 aromatic carbocycles. The minimum atomic E-state index is -1.51. The van der Waals surface area contributed by atoms with Gasteiger partial charge in [0.1, 0.15) is 42.4 Å². The third-order valence-electron chi connectivity index (χ3n) is 6.91. The number of benzene rings is 2. The monoisotopic (exact) mass is 582 g/mol. The van der Waals surface area contributed by atoms with Crippen molar-refractivity contribution in [3.05, 3.63) is 48.0 Å². The molecule has 3 atom stereocenters. The van der Waals surface area contributed by atoms with Crippen molar-refractivity contribution in [1.29, 1.82) is 0 Å². The molecule has 0 aromatic heterocycles. The molecule has 1 unspecified atom stereocenters. The lowest BCUT2D eigenvalue weighted by Gasteiger charge is -2.26. The van der Waals surface area contributed by atoms with Gasteiger partial charge < -0.3 is 34.9 Å². The lowest BCUT2D eigenvalue weighted by molar-refractivity contribution is -0.141. The van der Waals surface area contributed by atoms with Crippen LogP contribution in [0.25, 0.3) is 0 Å². The van der Waals surface area contributed by atoms with Crippen molar-refractivity contribution in [1.82, 2.24) is 10.6 Å². The predicted molar refractivity (Wildman–Crippen MR) is 146 cm³/mol. The zero-order valence-corrected chi connectivity index (χ0v) is 23.1. The van der Waals surface area contributed by atoms with E-state index in [0.717, 1.165) is 9.80 Å². The lowest BCUT2D eigenvalue weighted by Crippen LogP contribution is -2.56.